The minimum Gasteiger partial charge on any atom is -0.342 e. The molecule has 0 aliphatic carbocycles. The Bertz CT molecular complexity index is 598. The maximum Gasteiger partial charge on any atom is 0.224 e. The normalized spacial score (nSPS) is 21.2. The number of likely N-dealkylation sites (tertiary alicyclic amines) is 2. The fourth-order valence-corrected chi connectivity index (χ4v) is 3.94. The van der Waals surface area contributed by atoms with Crippen LogP contribution in [0.3, 0.4) is 0 Å². The SMILES string of the molecule is CCCCn1ccnc1C1CCCN(C(=O)CCN2CCCC2=O)C1. The number of carbonyl (C=O) groups excluding carboxylic acids is 2. The van der Waals surface area contributed by atoms with Gasteiger partial charge in [0, 0.05) is 63.9 Å². The molecule has 0 saturated carbocycles. The standard InChI is InChI=1S/C19H30N4O2/c1-2-3-10-22-14-9-20-19(22)16-6-4-12-23(15-16)18(25)8-13-21-11-5-7-17(21)24/h9,14,16H,2-8,10-13,15H2,1H3. The van der Waals surface area contributed by atoms with E-state index in [0.717, 1.165) is 57.7 Å². The van der Waals surface area contributed by atoms with Crippen LogP contribution in [-0.4, -0.2) is 57.3 Å². The number of aromatic nitrogens is 2. The molecule has 2 saturated heterocycles. The Kier molecular flexibility index (Phi) is 6.10. The molecule has 3 rings (SSSR count). The van der Waals surface area contributed by atoms with Gasteiger partial charge in [0.25, 0.3) is 0 Å². The van der Waals surface area contributed by atoms with Gasteiger partial charge in [0.15, 0.2) is 0 Å². The fourth-order valence-electron chi connectivity index (χ4n) is 3.94. The number of carbonyl (C=O) groups is 2. The smallest absolute Gasteiger partial charge is 0.224 e. The molecule has 2 fully saturated rings. The lowest BCUT2D eigenvalue weighted by Gasteiger charge is -2.33. The van der Waals surface area contributed by atoms with Crippen LogP contribution in [0.4, 0.5) is 0 Å². The third-order valence-corrected chi connectivity index (χ3v) is 5.41. The highest BCUT2D eigenvalue weighted by molar-refractivity contribution is 5.80. The van der Waals surface area contributed by atoms with Gasteiger partial charge in [0.1, 0.15) is 5.82 Å². The van der Waals surface area contributed by atoms with Crippen LogP contribution in [0.1, 0.15) is 63.6 Å². The number of hydrogen-bond donors (Lipinski definition) is 0. The molecule has 0 aromatic carbocycles. The van der Waals surface area contributed by atoms with Crippen molar-refractivity contribution < 1.29 is 9.59 Å². The molecule has 138 valence electrons. The summed E-state index contributed by atoms with van der Waals surface area (Å²) in [4.78, 5) is 32.7. The number of amides is 2. The molecule has 25 heavy (non-hydrogen) atoms. The Labute approximate surface area is 150 Å². The highest BCUT2D eigenvalue weighted by atomic mass is 16.2. The quantitative estimate of drug-likeness (QED) is 0.762. The second-order valence-electron chi connectivity index (χ2n) is 7.25. The Morgan fingerprint density at radius 3 is 2.92 bits per heavy atom. The first-order chi connectivity index (χ1) is 12.2. The van der Waals surface area contributed by atoms with Gasteiger partial charge in [-0.1, -0.05) is 13.3 Å². The molecule has 6 nitrogen and oxygen atoms in total. The van der Waals surface area contributed by atoms with E-state index in [4.69, 9.17) is 0 Å². The first-order valence-corrected chi connectivity index (χ1v) is 9.75. The molecule has 0 N–H and O–H groups in total. The molecule has 3 heterocycles. The van der Waals surface area contributed by atoms with Gasteiger partial charge < -0.3 is 14.4 Å². The zero-order valence-electron chi connectivity index (χ0n) is 15.3. The maximum absolute atomic E-state index is 12.6. The van der Waals surface area contributed by atoms with Gasteiger partial charge in [-0.2, -0.15) is 0 Å². The van der Waals surface area contributed by atoms with E-state index in [-0.39, 0.29) is 11.8 Å². The van der Waals surface area contributed by atoms with E-state index in [0.29, 0.717) is 25.3 Å². The lowest BCUT2D eigenvalue weighted by molar-refractivity contribution is -0.133. The first-order valence-electron chi connectivity index (χ1n) is 9.75. The van der Waals surface area contributed by atoms with Gasteiger partial charge in [-0.3, -0.25) is 9.59 Å². The first kappa shape index (κ1) is 18.0. The van der Waals surface area contributed by atoms with E-state index in [1.807, 2.05) is 16.0 Å². The summed E-state index contributed by atoms with van der Waals surface area (Å²) < 4.78 is 2.26. The number of unbranched alkanes of at least 4 members (excludes halogenated alkanes) is 1. The van der Waals surface area contributed by atoms with Crippen LogP contribution in [0.2, 0.25) is 0 Å². The monoisotopic (exact) mass is 346 g/mol. The van der Waals surface area contributed by atoms with Crippen LogP contribution < -0.4 is 0 Å². The summed E-state index contributed by atoms with van der Waals surface area (Å²) >= 11 is 0. The zero-order valence-corrected chi connectivity index (χ0v) is 15.3. The van der Waals surface area contributed by atoms with Crippen LogP contribution in [0, 0.1) is 0 Å². The molecule has 0 bridgehead atoms. The molecule has 0 spiro atoms. The van der Waals surface area contributed by atoms with E-state index >= 15 is 0 Å². The van der Waals surface area contributed by atoms with Crippen molar-refractivity contribution in [3.8, 4) is 0 Å². The van der Waals surface area contributed by atoms with Crippen LogP contribution in [0.5, 0.6) is 0 Å². The van der Waals surface area contributed by atoms with Crippen molar-refractivity contribution in [1.82, 2.24) is 19.4 Å². The third kappa shape index (κ3) is 4.41. The molecular weight excluding hydrogens is 316 g/mol. The van der Waals surface area contributed by atoms with E-state index in [1.165, 1.54) is 6.42 Å². The summed E-state index contributed by atoms with van der Waals surface area (Å²) in [5, 5.41) is 0. The van der Waals surface area contributed by atoms with Gasteiger partial charge >= 0.3 is 0 Å². The van der Waals surface area contributed by atoms with Crippen molar-refractivity contribution in [3.63, 3.8) is 0 Å². The average molecular weight is 346 g/mol. The summed E-state index contributed by atoms with van der Waals surface area (Å²) in [6.45, 7) is 6.18. The molecule has 0 radical (unpaired) electrons. The minimum atomic E-state index is 0.177. The molecule has 1 aromatic rings. The maximum atomic E-state index is 12.6. The van der Waals surface area contributed by atoms with Gasteiger partial charge in [-0.25, -0.2) is 4.98 Å². The Hall–Kier alpha value is -1.85. The van der Waals surface area contributed by atoms with Gasteiger partial charge in [-0.15, -0.1) is 0 Å². The van der Waals surface area contributed by atoms with Crippen LogP contribution in [0.15, 0.2) is 12.4 Å². The molecule has 1 atom stereocenters. The van der Waals surface area contributed by atoms with Crippen molar-refractivity contribution in [3.05, 3.63) is 18.2 Å². The number of aryl methyl sites for hydroxylation is 1. The van der Waals surface area contributed by atoms with Crippen LogP contribution in [-0.2, 0) is 16.1 Å². The van der Waals surface area contributed by atoms with Crippen LogP contribution in [0.25, 0.3) is 0 Å². The van der Waals surface area contributed by atoms with Gasteiger partial charge in [0.2, 0.25) is 11.8 Å². The number of hydrogen-bond acceptors (Lipinski definition) is 3. The van der Waals surface area contributed by atoms with Gasteiger partial charge in [0.05, 0.1) is 0 Å². The highest BCUT2D eigenvalue weighted by Gasteiger charge is 2.28. The van der Waals surface area contributed by atoms with Crippen molar-refractivity contribution >= 4 is 11.8 Å². The molecule has 6 heteroatoms. The summed E-state index contributed by atoms with van der Waals surface area (Å²) in [6.07, 6.45) is 10.4. The largest absolute Gasteiger partial charge is 0.342 e. The van der Waals surface area contributed by atoms with E-state index in [9.17, 15) is 9.59 Å². The topological polar surface area (TPSA) is 58.4 Å². The van der Waals surface area contributed by atoms with Crippen molar-refractivity contribution in [2.75, 3.05) is 26.2 Å². The minimum absolute atomic E-state index is 0.177. The number of imidazole rings is 1. The molecule has 1 unspecified atom stereocenters. The Morgan fingerprint density at radius 1 is 1.28 bits per heavy atom. The van der Waals surface area contributed by atoms with Crippen LogP contribution >= 0.6 is 0 Å². The summed E-state index contributed by atoms with van der Waals surface area (Å²) in [5.41, 5.74) is 0. The Balaban J connectivity index is 1.54. The predicted octanol–water partition coefficient (Wildman–Crippen LogP) is 2.40. The number of piperidine rings is 1. The second-order valence-corrected chi connectivity index (χ2v) is 7.25. The van der Waals surface area contributed by atoms with E-state index in [2.05, 4.69) is 22.7 Å². The lowest BCUT2D eigenvalue weighted by atomic mass is 9.96. The summed E-state index contributed by atoms with van der Waals surface area (Å²) in [7, 11) is 0. The van der Waals surface area contributed by atoms with E-state index in [1.54, 1.807) is 0 Å². The summed E-state index contributed by atoms with van der Waals surface area (Å²) in [6, 6.07) is 0. The molecule has 2 aliphatic heterocycles. The molecule has 2 amide bonds. The number of rotatable bonds is 7. The second kappa shape index (κ2) is 8.50. The van der Waals surface area contributed by atoms with E-state index < -0.39 is 0 Å². The molecule has 1 aromatic heterocycles. The molecular formula is C19H30N4O2. The van der Waals surface area contributed by atoms with Crippen molar-refractivity contribution in [2.45, 2.75) is 64.3 Å². The predicted molar refractivity (Wildman–Crippen MR) is 96.1 cm³/mol. The van der Waals surface area contributed by atoms with Crippen molar-refractivity contribution in [2.24, 2.45) is 0 Å². The zero-order chi connectivity index (χ0) is 17.6. The van der Waals surface area contributed by atoms with Crippen molar-refractivity contribution in [1.29, 1.82) is 0 Å². The molecule has 2 aliphatic rings. The van der Waals surface area contributed by atoms with Gasteiger partial charge in [-0.05, 0) is 25.7 Å². The average Bonchev–Trinajstić information content (AvgIpc) is 3.26. The fraction of sp³-hybridized carbons (Fsp3) is 0.737. The number of nitrogens with zero attached hydrogens (tertiary/aromatic N) is 4. The third-order valence-electron chi connectivity index (χ3n) is 5.41. The summed E-state index contributed by atoms with van der Waals surface area (Å²) in [5.74, 6) is 1.83. The highest BCUT2D eigenvalue weighted by Crippen LogP contribution is 2.26. The lowest BCUT2D eigenvalue weighted by Crippen LogP contribution is -2.41. The Morgan fingerprint density at radius 2 is 2.16 bits per heavy atom.